The molecule has 0 saturated carbocycles. The highest BCUT2D eigenvalue weighted by molar-refractivity contribution is 8.00. The first-order valence-corrected chi connectivity index (χ1v) is 10.4. The van der Waals surface area contributed by atoms with Crippen molar-refractivity contribution in [3.63, 3.8) is 0 Å². The molecule has 2 aliphatic heterocycles. The van der Waals surface area contributed by atoms with Gasteiger partial charge in [-0.2, -0.15) is 11.8 Å². The summed E-state index contributed by atoms with van der Waals surface area (Å²) >= 11 is 1.77. The molecule has 0 unspecified atom stereocenters. The highest BCUT2D eigenvalue weighted by Gasteiger charge is 2.50. The zero-order valence-corrected chi connectivity index (χ0v) is 15.8. The second kappa shape index (κ2) is 9.89. The lowest BCUT2D eigenvalue weighted by Crippen LogP contribution is -2.47. The maximum absolute atomic E-state index is 11.8. The van der Waals surface area contributed by atoms with Crippen LogP contribution in [0.1, 0.15) is 58.3 Å². The molecular weight excluding hydrogens is 340 g/mol. The van der Waals surface area contributed by atoms with Gasteiger partial charge >= 0.3 is 12.1 Å². The maximum Gasteiger partial charge on any atom is 0.326 e. The van der Waals surface area contributed by atoms with Crippen LogP contribution in [-0.4, -0.2) is 52.5 Å². The van der Waals surface area contributed by atoms with E-state index in [0.717, 1.165) is 38.0 Å². The number of hydrogen-bond acceptors (Lipinski definition) is 4. The largest absolute Gasteiger partial charge is 0.356 e. The van der Waals surface area contributed by atoms with Gasteiger partial charge in [-0.05, 0) is 19.3 Å². The number of nitrogens with zero attached hydrogens (tertiary/aromatic N) is 1. The van der Waals surface area contributed by atoms with E-state index in [1.54, 1.807) is 11.8 Å². The Morgan fingerprint density at radius 1 is 1.28 bits per heavy atom. The van der Waals surface area contributed by atoms with Crippen LogP contribution in [0.25, 0.3) is 0 Å². The van der Waals surface area contributed by atoms with Crippen molar-refractivity contribution in [1.29, 1.82) is 0 Å². The molecule has 0 aromatic rings. The number of rotatable bonds is 10. The third kappa shape index (κ3) is 5.52. The molecule has 3 atom stereocenters. The van der Waals surface area contributed by atoms with Crippen LogP contribution in [0.2, 0.25) is 0 Å². The predicted octanol–water partition coefficient (Wildman–Crippen LogP) is 2.20. The number of hydrogen-bond donors (Lipinski definition) is 3. The highest BCUT2D eigenvalue weighted by atomic mass is 32.2. The fraction of sp³-hybridized carbons (Fsp3) is 0.824. The van der Waals surface area contributed by atoms with Gasteiger partial charge in [-0.1, -0.05) is 32.6 Å². The van der Waals surface area contributed by atoms with E-state index in [-0.39, 0.29) is 29.3 Å². The van der Waals surface area contributed by atoms with Crippen LogP contribution < -0.4 is 16.4 Å². The molecule has 2 rings (SSSR count). The second-order valence-corrected chi connectivity index (χ2v) is 8.06. The molecule has 8 heteroatoms. The van der Waals surface area contributed by atoms with Gasteiger partial charge in [0.25, 0.3) is 0 Å². The molecule has 2 heterocycles. The number of urea groups is 2. The van der Waals surface area contributed by atoms with E-state index < -0.39 is 6.03 Å². The number of fused-ring (bicyclic) bond motifs is 1. The number of carbonyl (C=O) groups is 3. The lowest BCUT2D eigenvalue weighted by Gasteiger charge is -2.24. The van der Waals surface area contributed by atoms with Crippen LogP contribution in [0.5, 0.6) is 0 Å². The van der Waals surface area contributed by atoms with E-state index in [1.807, 2.05) is 0 Å². The molecule has 0 aromatic carbocycles. The van der Waals surface area contributed by atoms with Crippen LogP contribution in [-0.2, 0) is 4.79 Å². The number of nitrogens with one attached hydrogen (secondary N) is 2. The van der Waals surface area contributed by atoms with Crippen molar-refractivity contribution in [3.05, 3.63) is 0 Å². The smallest absolute Gasteiger partial charge is 0.326 e. The maximum atomic E-state index is 11.8. The summed E-state index contributed by atoms with van der Waals surface area (Å²) in [5.74, 6) is 0.924. The summed E-state index contributed by atoms with van der Waals surface area (Å²) in [7, 11) is 0. The first-order chi connectivity index (χ1) is 12.0. The number of amides is 5. The van der Waals surface area contributed by atoms with Crippen molar-refractivity contribution in [3.8, 4) is 0 Å². The molecule has 142 valence electrons. The Bertz CT molecular complexity index is 489. The molecule has 2 saturated heterocycles. The lowest BCUT2D eigenvalue weighted by molar-refractivity contribution is -0.121. The standard InChI is InChI=1S/C17H30N4O3S/c1-2-3-4-7-10-19-14(22)9-6-5-8-13-15-12(11-25-13)20-17(24)21(15)16(18)23/h12-13,15H,2-11H2,1H3,(H2,18,23)(H,19,22)(H,20,24)/t12-,13-,15-/m0/s1. The summed E-state index contributed by atoms with van der Waals surface area (Å²) in [6.07, 6.45) is 7.79. The minimum atomic E-state index is -0.681. The number of imide groups is 1. The van der Waals surface area contributed by atoms with E-state index in [9.17, 15) is 14.4 Å². The molecule has 0 bridgehead atoms. The van der Waals surface area contributed by atoms with E-state index in [2.05, 4.69) is 17.6 Å². The minimum Gasteiger partial charge on any atom is -0.356 e. The number of unbranched alkanes of at least 4 members (excludes halogenated alkanes) is 4. The molecule has 0 radical (unpaired) electrons. The normalized spacial score (nSPS) is 24.9. The van der Waals surface area contributed by atoms with Gasteiger partial charge in [0.15, 0.2) is 0 Å². The molecule has 0 spiro atoms. The third-order valence-corrected chi connectivity index (χ3v) is 6.34. The Hall–Kier alpha value is -1.44. The molecule has 4 N–H and O–H groups in total. The van der Waals surface area contributed by atoms with Crippen molar-refractivity contribution in [2.24, 2.45) is 5.73 Å². The van der Waals surface area contributed by atoms with Crippen molar-refractivity contribution < 1.29 is 14.4 Å². The Morgan fingerprint density at radius 3 is 2.80 bits per heavy atom. The van der Waals surface area contributed by atoms with Gasteiger partial charge < -0.3 is 16.4 Å². The Labute approximate surface area is 153 Å². The molecule has 2 aliphatic rings. The van der Waals surface area contributed by atoms with Gasteiger partial charge in [0.1, 0.15) is 0 Å². The van der Waals surface area contributed by atoms with Crippen LogP contribution in [0.4, 0.5) is 9.59 Å². The number of carbonyl (C=O) groups excluding carboxylic acids is 3. The van der Waals surface area contributed by atoms with Crippen molar-refractivity contribution in [1.82, 2.24) is 15.5 Å². The number of thioether (sulfide) groups is 1. The number of primary amides is 1. The SMILES string of the molecule is CCCCCCNC(=O)CCCC[C@@H]1SC[C@@H]2NC(=O)N(C(N)=O)[C@@H]21. The molecule has 0 aromatic heterocycles. The fourth-order valence-corrected chi connectivity index (χ4v) is 5.10. The summed E-state index contributed by atoms with van der Waals surface area (Å²) in [6.45, 7) is 2.94. The van der Waals surface area contributed by atoms with Gasteiger partial charge in [0.05, 0.1) is 12.1 Å². The van der Waals surface area contributed by atoms with Gasteiger partial charge in [0, 0.05) is 24.0 Å². The zero-order valence-electron chi connectivity index (χ0n) is 15.0. The summed E-state index contributed by atoms with van der Waals surface area (Å²) in [5.41, 5.74) is 5.34. The fourth-order valence-electron chi connectivity index (χ4n) is 3.52. The van der Waals surface area contributed by atoms with Crippen molar-refractivity contribution in [2.75, 3.05) is 12.3 Å². The van der Waals surface area contributed by atoms with E-state index in [1.165, 1.54) is 24.2 Å². The molecule has 25 heavy (non-hydrogen) atoms. The second-order valence-electron chi connectivity index (χ2n) is 6.78. The predicted molar refractivity (Wildman–Crippen MR) is 99.4 cm³/mol. The third-order valence-electron chi connectivity index (χ3n) is 4.84. The Kier molecular flexibility index (Phi) is 7.87. The Morgan fingerprint density at radius 2 is 2.08 bits per heavy atom. The summed E-state index contributed by atoms with van der Waals surface area (Å²) in [6, 6.07) is -1.21. The summed E-state index contributed by atoms with van der Waals surface area (Å²) < 4.78 is 0. The molecule has 0 aliphatic carbocycles. The van der Waals surface area contributed by atoms with Crippen molar-refractivity contribution in [2.45, 2.75) is 75.6 Å². The van der Waals surface area contributed by atoms with E-state index in [4.69, 9.17) is 5.73 Å². The van der Waals surface area contributed by atoms with E-state index >= 15 is 0 Å². The zero-order chi connectivity index (χ0) is 18.2. The highest BCUT2D eigenvalue weighted by Crippen LogP contribution is 2.37. The summed E-state index contributed by atoms with van der Waals surface area (Å²) in [4.78, 5) is 36.3. The minimum absolute atomic E-state index is 0.00131. The van der Waals surface area contributed by atoms with Crippen LogP contribution in [0, 0.1) is 0 Å². The quantitative estimate of drug-likeness (QED) is 0.405. The van der Waals surface area contributed by atoms with Gasteiger partial charge in [-0.25, -0.2) is 14.5 Å². The van der Waals surface area contributed by atoms with E-state index in [0.29, 0.717) is 6.42 Å². The summed E-state index contributed by atoms with van der Waals surface area (Å²) in [5, 5.41) is 5.99. The average Bonchev–Trinajstić information content (AvgIpc) is 3.09. The van der Waals surface area contributed by atoms with Crippen LogP contribution >= 0.6 is 11.8 Å². The van der Waals surface area contributed by atoms with Crippen LogP contribution in [0.15, 0.2) is 0 Å². The Balaban J connectivity index is 1.62. The van der Waals surface area contributed by atoms with Crippen LogP contribution in [0.3, 0.4) is 0 Å². The molecule has 7 nitrogen and oxygen atoms in total. The molecule has 2 fully saturated rings. The van der Waals surface area contributed by atoms with Gasteiger partial charge in [-0.3, -0.25) is 4.79 Å². The average molecular weight is 371 g/mol. The molecular formula is C17H30N4O3S. The number of nitrogens with two attached hydrogens (primary N) is 1. The molecule has 5 amide bonds. The first kappa shape index (κ1) is 19.9. The van der Waals surface area contributed by atoms with Gasteiger partial charge in [-0.15, -0.1) is 0 Å². The lowest BCUT2D eigenvalue weighted by atomic mass is 10.0. The topological polar surface area (TPSA) is 105 Å². The van der Waals surface area contributed by atoms with Crippen molar-refractivity contribution >= 4 is 29.7 Å². The van der Waals surface area contributed by atoms with Gasteiger partial charge in [0.2, 0.25) is 5.91 Å². The monoisotopic (exact) mass is 370 g/mol. The first-order valence-electron chi connectivity index (χ1n) is 9.32.